The smallest absolute Gasteiger partial charge is 0.0532 e. The van der Waals surface area contributed by atoms with Gasteiger partial charge in [0, 0.05) is 46.1 Å². The molecule has 0 spiro atoms. The Morgan fingerprint density at radius 1 is 0.583 bits per heavy atom. The monoisotopic (exact) mass is 311 g/mol. The molecule has 0 saturated carbocycles. The summed E-state index contributed by atoms with van der Waals surface area (Å²) >= 11 is 0. The molecular weight excluding hydrogens is 294 g/mol. The summed E-state index contributed by atoms with van der Waals surface area (Å²) in [5, 5.41) is 2.53. The second-order valence-electron chi connectivity index (χ2n) is 6.14. The van der Waals surface area contributed by atoms with Crippen LogP contribution in [-0.4, -0.2) is 15.0 Å². The van der Waals surface area contributed by atoms with Crippen LogP contribution in [0.3, 0.4) is 0 Å². The van der Waals surface area contributed by atoms with Gasteiger partial charge in [-0.2, -0.15) is 0 Å². The Balaban J connectivity index is 1.80. The van der Waals surface area contributed by atoms with Crippen molar-refractivity contribution in [2.45, 2.75) is 5.92 Å². The second-order valence-corrected chi connectivity index (χ2v) is 6.14. The number of hydrogen-bond donors (Lipinski definition) is 3. The van der Waals surface area contributed by atoms with Crippen molar-refractivity contribution >= 4 is 21.8 Å². The van der Waals surface area contributed by atoms with E-state index in [1.54, 1.807) is 0 Å². The molecule has 2 aromatic carbocycles. The molecule has 0 aliphatic heterocycles. The van der Waals surface area contributed by atoms with E-state index in [0.717, 1.165) is 0 Å². The number of nitrogens with one attached hydrogen (secondary N) is 3. The number of hydrogen-bond acceptors (Lipinski definition) is 0. The van der Waals surface area contributed by atoms with Crippen molar-refractivity contribution in [3.05, 3.63) is 96.1 Å². The third-order valence-corrected chi connectivity index (χ3v) is 4.80. The maximum Gasteiger partial charge on any atom is 0.0532 e. The molecular formula is C21H17N3. The van der Waals surface area contributed by atoms with Crippen LogP contribution in [-0.2, 0) is 0 Å². The summed E-state index contributed by atoms with van der Waals surface area (Å²) in [5.41, 5.74) is 6.12. The van der Waals surface area contributed by atoms with Crippen LogP contribution in [0.1, 0.15) is 22.7 Å². The van der Waals surface area contributed by atoms with E-state index in [9.17, 15) is 0 Å². The number of para-hydroxylation sites is 2. The maximum atomic E-state index is 3.42. The van der Waals surface area contributed by atoms with E-state index in [1.165, 1.54) is 38.6 Å². The molecule has 0 aliphatic carbocycles. The van der Waals surface area contributed by atoms with Gasteiger partial charge in [0.05, 0.1) is 5.92 Å². The van der Waals surface area contributed by atoms with Crippen molar-refractivity contribution in [2.24, 2.45) is 0 Å². The van der Waals surface area contributed by atoms with Crippen molar-refractivity contribution in [1.82, 2.24) is 15.0 Å². The summed E-state index contributed by atoms with van der Waals surface area (Å²) in [7, 11) is 0. The highest BCUT2D eigenvalue weighted by atomic mass is 14.7. The number of H-pyrrole nitrogens is 3. The minimum atomic E-state index is 0.160. The fraction of sp³-hybridized carbons (Fsp3) is 0.0476. The van der Waals surface area contributed by atoms with Gasteiger partial charge in [-0.25, -0.2) is 0 Å². The Bertz CT molecular complexity index is 1040. The van der Waals surface area contributed by atoms with Gasteiger partial charge in [-0.05, 0) is 35.4 Å². The van der Waals surface area contributed by atoms with Gasteiger partial charge in [0.2, 0.25) is 0 Å². The summed E-state index contributed by atoms with van der Waals surface area (Å²) in [6, 6.07) is 21.2. The van der Waals surface area contributed by atoms with Crippen molar-refractivity contribution in [2.75, 3.05) is 0 Å². The van der Waals surface area contributed by atoms with Crippen LogP contribution >= 0.6 is 0 Å². The molecule has 3 nitrogen and oxygen atoms in total. The predicted molar refractivity (Wildman–Crippen MR) is 98.3 cm³/mol. The van der Waals surface area contributed by atoms with Crippen LogP contribution in [0.15, 0.2) is 79.3 Å². The van der Waals surface area contributed by atoms with E-state index in [2.05, 4.69) is 88.0 Å². The van der Waals surface area contributed by atoms with E-state index < -0.39 is 0 Å². The van der Waals surface area contributed by atoms with E-state index >= 15 is 0 Å². The average Bonchev–Trinajstić information content (AvgIpc) is 3.36. The molecule has 24 heavy (non-hydrogen) atoms. The zero-order chi connectivity index (χ0) is 15.9. The molecule has 0 fully saturated rings. The van der Waals surface area contributed by atoms with Gasteiger partial charge < -0.3 is 15.0 Å². The van der Waals surface area contributed by atoms with Crippen LogP contribution in [0.2, 0.25) is 0 Å². The normalized spacial score (nSPS) is 11.7. The first-order valence-electron chi connectivity index (χ1n) is 8.17. The first-order chi connectivity index (χ1) is 11.9. The van der Waals surface area contributed by atoms with Crippen molar-refractivity contribution in [3.63, 3.8) is 0 Å². The van der Waals surface area contributed by atoms with Crippen LogP contribution in [0.5, 0.6) is 0 Å². The summed E-state index contributed by atoms with van der Waals surface area (Å²) < 4.78 is 0. The van der Waals surface area contributed by atoms with Crippen molar-refractivity contribution < 1.29 is 0 Å². The summed E-state index contributed by atoms with van der Waals surface area (Å²) in [6.07, 6.45) is 6.27. The molecule has 0 bridgehead atoms. The number of aromatic nitrogens is 3. The molecule has 0 amide bonds. The average molecular weight is 311 g/mol. The molecule has 3 heteroatoms. The molecule has 5 aromatic rings. The SMILES string of the molecule is c1c[nH]c(C(c2c[nH]c3ccccc23)c2c[nH]c3ccccc23)c1. The Morgan fingerprint density at radius 3 is 1.71 bits per heavy atom. The summed E-state index contributed by atoms with van der Waals surface area (Å²) in [4.78, 5) is 10.2. The lowest BCUT2D eigenvalue weighted by Gasteiger charge is -2.15. The molecule has 0 atom stereocenters. The number of aromatic amines is 3. The van der Waals surface area contributed by atoms with Crippen LogP contribution in [0.4, 0.5) is 0 Å². The highest BCUT2D eigenvalue weighted by molar-refractivity contribution is 5.88. The molecule has 0 unspecified atom stereocenters. The minimum absolute atomic E-state index is 0.160. The fourth-order valence-corrected chi connectivity index (χ4v) is 3.69. The Labute approximate surface area is 139 Å². The lowest BCUT2D eigenvalue weighted by molar-refractivity contribution is 0.950. The fourth-order valence-electron chi connectivity index (χ4n) is 3.69. The third kappa shape index (κ3) is 1.91. The number of benzene rings is 2. The minimum Gasteiger partial charge on any atom is -0.364 e. The second kappa shape index (κ2) is 5.17. The van der Waals surface area contributed by atoms with Gasteiger partial charge in [-0.1, -0.05) is 36.4 Å². The van der Waals surface area contributed by atoms with Crippen molar-refractivity contribution in [1.29, 1.82) is 0 Å². The highest BCUT2D eigenvalue weighted by Gasteiger charge is 2.23. The van der Waals surface area contributed by atoms with Gasteiger partial charge in [-0.3, -0.25) is 0 Å². The van der Waals surface area contributed by atoms with Crippen LogP contribution in [0, 0.1) is 0 Å². The predicted octanol–water partition coefficient (Wildman–Crippen LogP) is 5.16. The molecule has 0 radical (unpaired) electrons. The molecule has 5 rings (SSSR count). The van der Waals surface area contributed by atoms with Crippen LogP contribution in [0.25, 0.3) is 21.8 Å². The van der Waals surface area contributed by atoms with Gasteiger partial charge in [0.1, 0.15) is 0 Å². The Hall–Kier alpha value is -3.20. The highest BCUT2D eigenvalue weighted by Crippen LogP contribution is 2.38. The lowest BCUT2D eigenvalue weighted by atomic mass is 9.88. The standard InChI is InChI=1S/C21H17N3/c1-3-8-18-14(6-1)16(12-23-18)21(20-10-5-11-22-20)17-13-24-19-9-4-2-7-15(17)19/h1-13,21-24H. The van der Waals surface area contributed by atoms with Gasteiger partial charge in [-0.15, -0.1) is 0 Å². The first-order valence-corrected chi connectivity index (χ1v) is 8.17. The molecule has 0 saturated heterocycles. The molecule has 3 heterocycles. The lowest BCUT2D eigenvalue weighted by Crippen LogP contribution is -2.02. The molecule has 0 aliphatic rings. The zero-order valence-corrected chi connectivity index (χ0v) is 13.1. The Kier molecular flexibility index (Phi) is 2.85. The first kappa shape index (κ1) is 13.3. The Morgan fingerprint density at radius 2 is 1.17 bits per heavy atom. The van der Waals surface area contributed by atoms with E-state index in [1.807, 2.05) is 6.20 Å². The van der Waals surface area contributed by atoms with Gasteiger partial charge >= 0.3 is 0 Å². The van der Waals surface area contributed by atoms with Crippen molar-refractivity contribution in [3.8, 4) is 0 Å². The van der Waals surface area contributed by atoms with E-state index in [0.29, 0.717) is 0 Å². The van der Waals surface area contributed by atoms with E-state index in [-0.39, 0.29) is 5.92 Å². The molecule has 116 valence electrons. The maximum absolute atomic E-state index is 3.42. The summed E-state index contributed by atoms with van der Waals surface area (Å²) in [6.45, 7) is 0. The third-order valence-electron chi connectivity index (χ3n) is 4.80. The quantitative estimate of drug-likeness (QED) is 0.412. The van der Waals surface area contributed by atoms with E-state index in [4.69, 9.17) is 0 Å². The zero-order valence-electron chi connectivity index (χ0n) is 13.1. The van der Waals surface area contributed by atoms with Crippen LogP contribution < -0.4 is 0 Å². The van der Waals surface area contributed by atoms with Gasteiger partial charge in [0.25, 0.3) is 0 Å². The van der Waals surface area contributed by atoms with Gasteiger partial charge in [0.15, 0.2) is 0 Å². The largest absolute Gasteiger partial charge is 0.364 e. The topological polar surface area (TPSA) is 47.4 Å². The summed E-state index contributed by atoms with van der Waals surface area (Å²) in [5.74, 6) is 0.160. The number of fused-ring (bicyclic) bond motifs is 2. The molecule has 3 N–H and O–H groups in total. The molecule has 3 aromatic heterocycles. The number of rotatable bonds is 3.